The van der Waals surface area contributed by atoms with Crippen LogP contribution < -0.4 is 10.6 Å². The minimum absolute atomic E-state index is 0. The molecule has 0 aliphatic carbocycles. The number of rotatable bonds is 11. The molecule has 1 aliphatic heterocycles. The maximum Gasteiger partial charge on any atom is 0.191 e. The van der Waals surface area contributed by atoms with Gasteiger partial charge < -0.3 is 20.4 Å². The minimum atomic E-state index is -2.88. The fourth-order valence-electron chi connectivity index (χ4n) is 3.16. The van der Waals surface area contributed by atoms with E-state index in [2.05, 4.69) is 41.2 Å². The number of likely N-dealkylation sites (tertiary alicyclic amines) is 1. The molecule has 0 spiro atoms. The fraction of sp³-hybridized carbons (Fsp3) is 0.944. The van der Waals surface area contributed by atoms with Crippen molar-refractivity contribution in [1.82, 2.24) is 20.4 Å². The van der Waals surface area contributed by atoms with Gasteiger partial charge in [0, 0.05) is 45.0 Å². The minimum Gasteiger partial charge on any atom is -0.357 e. The molecular weight excluding hydrogens is 477 g/mol. The average Bonchev–Trinajstić information content (AvgIpc) is 2.60. The maximum atomic E-state index is 11.3. The summed E-state index contributed by atoms with van der Waals surface area (Å²) in [5, 5.41) is 6.89. The lowest BCUT2D eigenvalue weighted by atomic mass is 10.1. The standard InChI is InChI=1S/C18H39N5O2S.HI/c1-5-11-22(7-3)14-10-20-18(19-6-2)21-17-8-12-23(13-9-17)15-16-26(4,24)25;/h17H,5-16H2,1-4H3,(H2,19,20,21);1H. The van der Waals surface area contributed by atoms with E-state index in [4.69, 9.17) is 4.99 Å². The second-order valence-corrected chi connectivity index (χ2v) is 9.34. The van der Waals surface area contributed by atoms with Gasteiger partial charge in [-0.25, -0.2) is 8.42 Å². The molecule has 162 valence electrons. The first-order chi connectivity index (χ1) is 12.4. The van der Waals surface area contributed by atoms with Crippen molar-refractivity contribution in [1.29, 1.82) is 0 Å². The predicted molar refractivity (Wildman–Crippen MR) is 126 cm³/mol. The molecule has 0 saturated carbocycles. The molecule has 0 atom stereocenters. The molecule has 0 aromatic carbocycles. The second kappa shape index (κ2) is 14.8. The summed E-state index contributed by atoms with van der Waals surface area (Å²) < 4.78 is 22.6. The summed E-state index contributed by atoms with van der Waals surface area (Å²) in [6, 6.07) is 0.403. The smallest absolute Gasteiger partial charge is 0.191 e. The molecule has 27 heavy (non-hydrogen) atoms. The summed E-state index contributed by atoms with van der Waals surface area (Å²) in [5.41, 5.74) is 0. The number of hydrogen-bond acceptors (Lipinski definition) is 5. The Morgan fingerprint density at radius 2 is 1.85 bits per heavy atom. The van der Waals surface area contributed by atoms with Gasteiger partial charge in [0.2, 0.25) is 0 Å². The Balaban J connectivity index is 0.00000676. The molecule has 1 rings (SSSR count). The van der Waals surface area contributed by atoms with Crippen LogP contribution in [0.2, 0.25) is 0 Å². The predicted octanol–water partition coefficient (Wildman–Crippen LogP) is 1.40. The number of likely N-dealkylation sites (N-methyl/N-ethyl adjacent to an activating group) is 1. The Morgan fingerprint density at radius 3 is 2.37 bits per heavy atom. The van der Waals surface area contributed by atoms with Crippen molar-refractivity contribution in [3.8, 4) is 0 Å². The van der Waals surface area contributed by atoms with Gasteiger partial charge in [0.05, 0.1) is 12.3 Å². The Hall–Kier alpha value is -0.130. The van der Waals surface area contributed by atoms with E-state index in [0.29, 0.717) is 12.6 Å². The number of nitrogens with one attached hydrogen (secondary N) is 2. The lowest BCUT2D eigenvalue weighted by molar-refractivity contribution is 0.216. The molecule has 1 fully saturated rings. The Bertz CT molecular complexity index is 508. The van der Waals surface area contributed by atoms with Gasteiger partial charge >= 0.3 is 0 Å². The quantitative estimate of drug-likeness (QED) is 0.245. The molecule has 0 aromatic heterocycles. The second-order valence-electron chi connectivity index (χ2n) is 7.09. The number of halogens is 1. The highest BCUT2D eigenvalue weighted by Gasteiger charge is 2.20. The number of sulfone groups is 1. The molecule has 2 N–H and O–H groups in total. The van der Waals surface area contributed by atoms with Crippen LogP contribution in [0.3, 0.4) is 0 Å². The van der Waals surface area contributed by atoms with Crippen molar-refractivity contribution >= 4 is 39.8 Å². The molecule has 0 unspecified atom stereocenters. The van der Waals surface area contributed by atoms with Gasteiger partial charge in [-0.1, -0.05) is 13.8 Å². The van der Waals surface area contributed by atoms with E-state index < -0.39 is 9.84 Å². The summed E-state index contributed by atoms with van der Waals surface area (Å²) in [4.78, 5) is 9.39. The highest BCUT2D eigenvalue weighted by Crippen LogP contribution is 2.10. The normalized spacial score (nSPS) is 17.0. The third kappa shape index (κ3) is 12.8. The lowest BCUT2D eigenvalue weighted by Crippen LogP contribution is -2.49. The number of nitrogens with zero attached hydrogens (tertiary/aromatic N) is 3. The van der Waals surface area contributed by atoms with E-state index in [1.807, 2.05) is 0 Å². The van der Waals surface area contributed by atoms with Crippen molar-refractivity contribution in [2.24, 2.45) is 4.99 Å². The molecule has 9 heteroatoms. The van der Waals surface area contributed by atoms with E-state index in [9.17, 15) is 8.42 Å². The molecule has 0 bridgehead atoms. The third-order valence-electron chi connectivity index (χ3n) is 4.72. The summed E-state index contributed by atoms with van der Waals surface area (Å²) >= 11 is 0. The summed E-state index contributed by atoms with van der Waals surface area (Å²) in [7, 11) is -2.88. The van der Waals surface area contributed by atoms with Gasteiger partial charge in [0.1, 0.15) is 9.84 Å². The number of piperidine rings is 1. The van der Waals surface area contributed by atoms with Crippen LogP contribution in [0.5, 0.6) is 0 Å². The van der Waals surface area contributed by atoms with Gasteiger partial charge in [-0.3, -0.25) is 4.99 Å². The molecule has 1 saturated heterocycles. The highest BCUT2D eigenvalue weighted by molar-refractivity contribution is 14.0. The SMILES string of the molecule is CCCN(CC)CCN=C(NCC)NC1CCN(CCS(C)(=O)=O)CC1.I. The molecular formula is C18H40IN5O2S. The third-order valence-corrected chi connectivity index (χ3v) is 5.65. The van der Waals surface area contributed by atoms with Crippen LogP contribution in [0.4, 0.5) is 0 Å². The first-order valence-electron chi connectivity index (χ1n) is 10.0. The van der Waals surface area contributed by atoms with Crippen LogP contribution in [-0.4, -0.2) is 94.6 Å². The first-order valence-corrected chi connectivity index (χ1v) is 12.1. The van der Waals surface area contributed by atoms with Crippen molar-refractivity contribution in [3.05, 3.63) is 0 Å². The van der Waals surface area contributed by atoms with Gasteiger partial charge in [-0.15, -0.1) is 24.0 Å². The van der Waals surface area contributed by atoms with Crippen molar-refractivity contribution < 1.29 is 8.42 Å². The van der Waals surface area contributed by atoms with Crippen LogP contribution in [0.1, 0.15) is 40.0 Å². The Kier molecular flexibility index (Phi) is 14.7. The first kappa shape index (κ1) is 26.9. The van der Waals surface area contributed by atoms with E-state index in [1.54, 1.807) is 0 Å². The molecule has 7 nitrogen and oxygen atoms in total. The van der Waals surface area contributed by atoms with Crippen LogP contribution in [0.25, 0.3) is 0 Å². The van der Waals surface area contributed by atoms with Crippen LogP contribution in [0, 0.1) is 0 Å². The number of guanidine groups is 1. The van der Waals surface area contributed by atoms with Crippen LogP contribution in [0.15, 0.2) is 4.99 Å². The highest BCUT2D eigenvalue weighted by atomic mass is 127. The fourth-order valence-corrected chi connectivity index (χ4v) is 3.75. The van der Waals surface area contributed by atoms with E-state index in [-0.39, 0.29) is 29.7 Å². The zero-order valence-electron chi connectivity index (χ0n) is 17.5. The van der Waals surface area contributed by atoms with Gasteiger partial charge in [0.25, 0.3) is 0 Å². The monoisotopic (exact) mass is 517 g/mol. The molecule has 0 amide bonds. The van der Waals surface area contributed by atoms with Gasteiger partial charge in [0.15, 0.2) is 5.96 Å². The van der Waals surface area contributed by atoms with E-state index in [1.165, 1.54) is 12.7 Å². The largest absolute Gasteiger partial charge is 0.357 e. The van der Waals surface area contributed by atoms with E-state index >= 15 is 0 Å². The molecule has 0 radical (unpaired) electrons. The Morgan fingerprint density at radius 1 is 1.19 bits per heavy atom. The summed E-state index contributed by atoms with van der Waals surface area (Å²) in [6.45, 7) is 13.8. The zero-order chi connectivity index (χ0) is 19.4. The molecule has 1 aliphatic rings. The number of hydrogen-bond donors (Lipinski definition) is 2. The van der Waals surface area contributed by atoms with Crippen LogP contribution in [-0.2, 0) is 9.84 Å². The summed E-state index contributed by atoms with van der Waals surface area (Å²) in [6.07, 6.45) is 4.52. The van der Waals surface area contributed by atoms with Crippen LogP contribution >= 0.6 is 24.0 Å². The van der Waals surface area contributed by atoms with Crippen molar-refractivity contribution in [3.63, 3.8) is 0 Å². The van der Waals surface area contributed by atoms with Gasteiger partial charge in [-0.05, 0) is 39.3 Å². The number of aliphatic imine (C=N–C) groups is 1. The van der Waals surface area contributed by atoms with Gasteiger partial charge in [-0.2, -0.15) is 0 Å². The van der Waals surface area contributed by atoms with Crippen molar-refractivity contribution in [2.45, 2.75) is 46.1 Å². The van der Waals surface area contributed by atoms with Crippen molar-refractivity contribution in [2.75, 3.05) is 64.4 Å². The topological polar surface area (TPSA) is 77.0 Å². The zero-order valence-corrected chi connectivity index (χ0v) is 20.7. The summed E-state index contributed by atoms with van der Waals surface area (Å²) in [5.74, 6) is 1.15. The molecule has 0 aromatic rings. The van der Waals surface area contributed by atoms with E-state index in [0.717, 1.165) is 64.6 Å². The molecule has 1 heterocycles. The average molecular weight is 518 g/mol. The Labute approximate surface area is 183 Å². The maximum absolute atomic E-state index is 11.3. The lowest BCUT2D eigenvalue weighted by Gasteiger charge is -2.33.